The summed E-state index contributed by atoms with van der Waals surface area (Å²) in [4.78, 5) is 33.0. The van der Waals surface area contributed by atoms with Gasteiger partial charge in [0.15, 0.2) is 0 Å². The van der Waals surface area contributed by atoms with E-state index in [2.05, 4.69) is 10.6 Å². The van der Waals surface area contributed by atoms with Gasteiger partial charge < -0.3 is 16.4 Å². The van der Waals surface area contributed by atoms with Crippen LogP contribution in [-0.4, -0.2) is 30.3 Å². The van der Waals surface area contributed by atoms with Crippen LogP contribution in [0.15, 0.2) is 0 Å². The van der Waals surface area contributed by atoms with Crippen molar-refractivity contribution >= 4 is 17.7 Å². The van der Waals surface area contributed by atoms with Crippen molar-refractivity contribution in [3.05, 3.63) is 0 Å². The van der Waals surface area contributed by atoms with E-state index >= 15 is 0 Å². The molecule has 0 heterocycles. The lowest BCUT2D eigenvalue weighted by molar-refractivity contribution is -0.129. The Morgan fingerprint density at radius 3 is 2.19 bits per heavy atom. The third kappa shape index (κ3) is 6.80. The summed E-state index contributed by atoms with van der Waals surface area (Å²) in [7, 11) is 0. The van der Waals surface area contributed by atoms with E-state index < -0.39 is 11.9 Å². The van der Waals surface area contributed by atoms with Crippen molar-refractivity contribution in [3.63, 3.8) is 0 Å². The molecule has 0 aromatic rings. The Bertz CT molecular complexity index is 276. The Kier molecular flexibility index (Phi) is 6.14. The van der Waals surface area contributed by atoms with Gasteiger partial charge in [-0.1, -0.05) is 13.8 Å². The molecule has 0 aliphatic rings. The highest BCUT2D eigenvalue weighted by Crippen LogP contribution is 2.04. The van der Waals surface area contributed by atoms with Gasteiger partial charge in [-0.05, 0) is 12.3 Å². The van der Waals surface area contributed by atoms with Crippen LogP contribution in [0.2, 0.25) is 0 Å². The fourth-order valence-corrected chi connectivity index (χ4v) is 1.25. The number of carbonyl (C=O) groups is 3. The van der Waals surface area contributed by atoms with Gasteiger partial charge in [-0.25, -0.2) is 0 Å². The molecule has 0 saturated carbocycles. The van der Waals surface area contributed by atoms with E-state index in [1.807, 2.05) is 13.8 Å². The standard InChI is InChI=1S/C10H19N3O3/c1-6(2)4-8(13-7(3)14)10(16)12-5-9(11)15/h6,8H,4-5H2,1-3H3,(H2,11,15)(H,12,16)(H,13,14)/t8-/m0/s1. The highest BCUT2D eigenvalue weighted by molar-refractivity contribution is 5.89. The van der Waals surface area contributed by atoms with Gasteiger partial charge in [0.25, 0.3) is 0 Å². The topological polar surface area (TPSA) is 101 Å². The first kappa shape index (κ1) is 14.4. The zero-order valence-electron chi connectivity index (χ0n) is 9.87. The normalized spacial score (nSPS) is 12.0. The van der Waals surface area contributed by atoms with Crippen molar-refractivity contribution in [3.8, 4) is 0 Å². The van der Waals surface area contributed by atoms with Gasteiger partial charge in [0.1, 0.15) is 6.04 Å². The summed E-state index contributed by atoms with van der Waals surface area (Å²) in [5.74, 6) is -1.02. The quantitative estimate of drug-likeness (QED) is 0.552. The summed E-state index contributed by atoms with van der Waals surface area (Å²) in [5.41, 5.74) is 4.90. The second-order valence-electron chi connectivity index (χ2n) is 4.07. The average Bonchev–Trinajstić information content (AvgIpc) is 2.11. The third-order valence-electron chi connectivity index (χ3n) is 1.84. The van der Waals surface area contributed by atoms with Crippen LogP contribution < -0.4 is 16.4 Å². The zero-order chi connectivity index (χ0) is 12.7. The van der Waals surface area contributed by atoms with Gasteiger partial charge in [-0.15, -0.1) is 0 Å². The van der Waals surface area contributed by atoms with Gasteiger partial charge in [0, 0.05) is 6.92 Å². The predicted molar refractivity (Wildman–Crippen MR) is 59.3 cm³/mol. The van der Waals surface area contributed by atoms with Gasteiger partial charge >= 0.3 is 0 Å². The van der Waals surface area contributed by atoms with Crippen molar-refractivity contribution in [2.45, 2.75) is 33.2 Å². The monoisotopic (exact) mass is 229 g/mol. The third-order valence-corrected chi connectivity index (χ3v) is 1.84. The maximum atomic E-state index is 11.6. The molecule has 0 radical (unpaired) electrons. The van der Waals surface area contributed by atoms with Crippen molar-refractivity contribution in [2.24, 2.45) is 11.7 Å². The molecule has 6 heteroatoms. The van der Waals surface area contributed by atoms with Crippen molar-refractivity contribution < 1.29 is 14.4 Å². The second-order valence-corrected chi connectivity index (χ2v) is 4.07. The molecular formula is C10H19N3O3. The summed E-state index contributed by atoms with van der Waals surface area (Å²) in [6, 6.07) is -0.614. The molecule has 0 rings (SSSR count). The van der Waals surface area contributed by atoms with Gasteiger partial charge in [-0.2, -0.15) is 0 Å². The van der Waals surface area contributed by atoms with E-state index in [4.69, 9.17) is 5.73 Å². The smallest absolute Gasteiger partial charge is 0.243 e. The molecule has 16 heavy (non-hydrogen) atoms. The molecule has 0 spiro atoms. The lowest BCUT2D eigenvalue weighted by Crippen LogP contribution is -2.48. The lowest BCUT2D eigenvalue weighted by atomic mass is 10.0. The highest BCUT2D eigenvalue weighted by Gasteiger charge is 2.20. The lowest BCUT2D eigenvalue weighted by Gasteiger charge is -2.18. The fraction of sp³-hybridized carbons (Fsp3) is 0.700. The highest BCUT2D eigenvalue weighted by atomic mass is 16.2. The molecule has 0 aliphatic heterocycles. The second kappa shape index (κ2) is 6.81. The van der Waals surface area contributed by atoms with Crippen molar-refractivity contribution in [1.29, 1.82) is 0 Å². The van der Waals surface area contributed by atoms with Crippen LogP contribution in [0.3, 0.4) is 0 Å². The number of amides is 3. The Labute approximate surface area is 94.9 Å². The van der Waals surface area contributed by atoms with Gasteiger partial charge in [0.05, 0.1) is 6.54 Å². The van der Waals surface area contributed by atoms with E-state index in [-0.39, 0.29) is 24.3 Å². The fourth-order valence-electron chi connectivity index (χ4n) is 1.25. The van der Waals surface area contributed by atoms with Crippen LogP contribution in [0.25, 0.3) is 0 Å². The summed E-state index contributed by atoms with van der Waals surface area (Å²) in [6.07, 6.45) is 0.518. The Morgan fingerprint density at radius 1 is 1.25 bits per heavy atom. The van der Waals surface area contributed by atoms with E-state index in [1.54, 1.807) is 0 Å². The largest absolute Gasteiger partial charge is 0.368 e. The van der Waals surface area contributed by atoms with Crippen LogP contribution in [0.1, 0.15) is 27.2 Å². The van der Waals surface area contributed by atoms with E-state index in [0.29, 0.717) is 6.42 Å². The Morgan fingerprint density at radius 2 is 1.81 bits per heavy atom. The number of nitrogens with one attached hydrogen (secondary N) is 2. The number of carbonyl (C=O) groups excluding carboxylic acids is 3. The van der Waals surface area contributed by atoms with Crippen LogP contribution >= 0.6 is 0 Å². The summed E-state index contributed by atoms with van der Waals surface area (Å²) < 4.78 is 0. The molecule has 4 N–H and O–H groups in total. The first-order valence-electron chi connectivity index (χ1n) is 5.16. The summed E-state index contributed by atoms with van der Waals surface area (Å²) in [5, 5.41) is 4.90. The van der Waals surface area contributed by atoms with Gasteiger partial charge in [-0.3, -0.25) is 14.4 Å². The van der Waals surface area contributed by atoms with Crippen molar-refractivity contribution in [1.82, 2.24) is 10.6 Å². The van der Waals surface area contributed by atoms with E-state index in [0.717, 1.165) is 0 Å². The van der Waals surface area contributed by atoms with Crippen LogP contribution in [0, 0.1) is 5.92 Å². The molecule has 92 valence electrons. The molecule has 0 aromatic heterocycles. The first-order valence-corrected chi connectivity index (χ1v) is 5.16. The maximum Gasteiger partial charge on any atom is 0.243 e. The maximum absolute atomic E-state index is 11.6. The van der Waals surface area contributed by atoms with Crippen LogP contribution in [0.5, 0.6) is 0 Å². The predicted octanol–water partition coefficient (Wildman–Crippen LogP) is -0.861. The van der Waals surface area contributed by atoms with Crippen LogP contribution in [0.4, 0.5) is 0 Å². The minimum atomic E-state index is -0.614. The summed E-state index contributed by atoms with van der Waals surface area (Å²) in [6.45, 7) is 5.01. The Hall–Kier alpha value is -1.59. The van der Waals surface area contributed by atoms with E-state index in [1.165, 1.54) is 6.92 Å². The zero-order valence-corrected chi connectivity index (χ0v) is 9.87. The minimum absolute atomic E-state index is 0.215. The van der Waals surface area contributed by atoms with Crippen LogP contribution in [-0.2, 0) is 14.4 Å². The molecule has 3 amide bonds. The molecule has 0 aromatic carbocycles. The molecular weight excluding hydrogens is 210 g/mol. The first-order chi connectivity index (χ1) is 7.32. The number of hydrogen-bond donors (Lipinski definition) is 3. The van der Waals surface area contributed by atoms with Crippen molar-refractivity contribution in [2.75, 3.05) is 6.54 Å². The SMILES string of the molecule is CC(=O)N[C@@H](CC(C)C)C(=O)NCC(N)=O. The molecule has 6 nitrogen and oxygen atoms in total. The number of hydrogen-bond acceptors (Lipinski definition) is 3. The minimum Gasteiger partial charge on any atom is -0.368 e. The number of nitrogens with two attached hydrogens (primary N) is 1. The number of primary amides is 1. The summed E-state index contributed by atoms with van der Waals surface area (Å²) >= 11 is 0. The molecule has 0 saturated heterocycles. The number of rotatable bonds is 6. The molecule has 1 atom stereocenters. The average molecular weight is 229 g/mol. The Balaban J connectivity index is 4.31. The molecule has 0 fully saturated rings. The molecule has 0 bridgehead atoms. The van der Waals surface area contributed by atoms with E-state index in [9.17, 15) is 14.4 Å². The molecule has 0 unspecified atom stereocenters. The van der Waals surface area contributed by atoms with Gasteiger partial charge in [0.2, 0.25) is 17.7 Å². The molecule has 0 aliphatic carbocycles.